The summed E-state index contributed by atoms with van der Waals surface area (Å²) in [6.07, 6.45) is 1.99. The fourth-order valence-electron chi connectivity index (χ4n) is 5.58. The van der Waals surface area contributed by atoms with Crippen LogP contribution in [0.2, 0.25) is 0 Å². The van der Waals surface area contributed by atoms with Crippen LogP contribution in [0.25, 0.3) is 32.7 Å². The van der Waals surface area contributed by atoms with E-state index in [1.54, 1.807) is 0 Å². The zero-order valence-corrected chi connectivity index (χ0v) is 21.3. The molecule has 1 fully saturated rings. The molecule has 2 heterocycles. The van der Waals surface area contributed by atoms with Crippen LogP contribution in [0.15, 0.2) is 72.8 Å². The van der Waals surface area contributed by atoms with Gasteiger partial charge in [-0.05, 0) is 0 Å². The van der Waals surface area contributed by atoms with Crippen molar-refractivity contribution in [2.24, 2.45) is 0 Å². The van der Waals surface area contributed by atoms with Crippen LogP contribution in [0.4, 0.5) is 11.4 Å². The Balaban J connectivity index is 1.75. The molecular weight excluding hydrogens is 476 g/mol. The average Bonchev–Trinajstić information content (AvgIpc) is 2.93. The van der Waals surface area contributed by atoms with E-state index in [0.29, 0.717) is 0 Å². The van der Waals surface area contributed by atoms with Crippen LogP contribution in [0.3, 0.4) is 0 Å². The fraction of sp³-hybridized carbons (Fsp3) is 0.259. The van der Waals surface area contributed by atoms with Crippen LogP contribution < -0.4 is 9.34 Å². The van der Waals surface area contributed by atoms with Gasteiger partial charge in [0, 0.05) is 0 Å². The molecule has 1 radical (unpaired) electrons. The van der Waals surface area contributed by atoms with Gasteiger partial charge in [-0.25, -0.2) is 0 Å². The Morgan fingerprint density at radius 1 is 0.625 bits per heavy atom. The molecule has 0 spiro atoms. The van der Waals surface area contributed by atoms with Gasteiger partial charge in [-0.2, -0.15) is 0 Å². The predicted molar refractivity (Wildman–Crippen MR) is 142 cm³/mol. The van der Waals surface area contributed by atoms with Gasteiger partial charge in [-0.3, -0.25) is 0 Å². The minimum absolute atomic E-state index is 1.15. The summed E-state index contributed by atoms with van der Waals surface area (Å²) in [7, 11) is 4.61. The Bertz CT molecular complexity index is 1240. The van der Waals surface area contributed by atoms with Crippen molar-refractivity contribution in [3.63, 3.8) is 0 Å². The van der Waals surface area contributed by atoms with Gasteiger partial charge in [0.15, 0.2) is 0 Å². The van der Waals surface area contributed by atoms with Crippen molar-refractivity contribution in [3.05, 3.63) is 72.8 Å². The van der Waals surface area contributed by atoms with E-state index >= 15 is 0 Å². The molecule has 6 rings (SSSR count). The zero-order chi connectivity index (χ0) is 21.9. The summed E-state index contributed by atoms with van der Waals surface area (Å²) in [5.74, 6) is 0. The van der Waals surface area contributed by atoms with Gasteiger partial charge in [-0.1, -0.05) is 0 Å². The van der Waals surface area contributed by atoms with Crippen molar-refractivity contribution in [3.8, 4) is 11.1 Å². The normalized spacial score (nSPS) is 18.5. The summed E-state index contributed by atoms with van der Waals surface area (Å²) in [5, 5.41) is 5.25. The van der Waals surface area contributed by atoms with Crippen LogP contribution in [-0.4, -0.2) is 47.4 Å². The van der Waals surface area contributed by atoms with Crippen LogP contribution in [-0.2, 0) is 0 Å². The molecule has 161 valence electrons. The molecule has 4 aromatic rings. The molecule has 0 saturated carbocycles. The summed E-state index contributed by atoms with van der Waals surface area (Å²) in [6.45, 7) is 2.31. The second kappa shape index (κ2) is 7.75. The van der Waals surface area contributed by atoms with Gasteiger partial charge in [0.25, 0.3) is 0 Å². The number of hydrogen-bond donors (Lipinski definition) is 0. The van der Waals surface area contributed by atoms with E-state index in [1.165, 1.54) is 63.3 Å². The standard InChI is InChI=1S/C27H28N3PSe/c1-28-24-16-14-20-10-4-6-12-22(20)26(24)27-23-13-7-5-11-21(23)15-17-25(27)29(2)31(28,32)30-18-8-3-9-19-30/h4-7,10-17H,3,8-9,18-19H2,1-2H3/q+1. The number of fused-ring (bicyclic) bond motifs is 7. The Morgan fingerprint density at radius 3 is 1.59 bits per heavy atom. The molecule has 4 aromatic carbocycles. The SMILES string of the molecule is CN1c2ccc3ccccc3c2-c2c(ccc3ccccc23)N(C)[P+]1([Se])N1CCCCC1. The third-order valence-corrected chi connectivity index (χ3v) is 14.9. The molecule has 3 nitrogen and oxygen atoms in total. The van der Waals surface area contributed by atoms with Gasteiger partial charge < -0.3 is 0 Å². The summed E-state index contributed by atoms with van der Waals surface area (Å²) in [4.78, 5) is 0. The molecule has 0 aromatic heterocycles. The number of benzene rings is 4. The van der Waals surface area contributed by atoms with Crippen molar-refractivity contribution >= 4 is 54.9 Å². The maximum atomic E-state index is 3.77. The Kier molecular flexibility index (Phi) is 4.97. The molecule has 0 N–H and O–H groups in total. The molecule has 0 unspecified atom stereocenters. The Labute approximate surface area is 198 Å². The fourth-order valence-corrected chi connectivity index (χ4v) is 10.6. The molecule has 32 heavy (non-hydrogen) atoms. The summed E-state index contributed by atoms with van der Waals surface area (Å²) >= 11 is 3.77. The number of nitrogens with zero attached hydrogens (tertiary/aromatic N) is 3. The third-order valence-electron chi connectivity index (χ3n) is 7.24. The van der Waals surface area contributed by atoms with E-state index in [-0.39, 0.29) is 0 Å². The van der Waals surface area contributed by atoms with Gasteiger partial charge in [0.05, 0.1) is 0 Å². The summed E-state index contributed by atoms with van der Waals surface area (Å²) < 4.78 is 7.89. The van der Waals surface area contributed by atoms with Crippen LogP contribution in [0.1, 0.15) is 19.3 Å². The van der Waals surface area contributed by atoms with E-state index < -0.39 is 6.40 Å². The molecule has 0 atom stereocenters. The quantitative estimate of drug-likeness (QED) is 0.207. The first-order valence-electron chi connectivity index (χ1n) is 11.5. The molecular formula is C27H28N3PSe+. The third kappa shape index (κ3) is 2.87. The van der Waals surface area contributed by atoms with Crippen molar-refractivity contribution < 1.29 is 0 Å². The summed E-state index contributed by atoms with van der Waals surface area (Å²) in [5.41, 5.74) is 5.36. The van der Waals surface area contributed by atoms with Crippen molar-refractivity contribution in [1.29, 1.82) is 0 Å². The first-order valence-corrected chi connectivity index (χ1v) is 15.3. The van der Waals surface area contributed by atoms with Crippen molar-refractivity contribution in [2.75, 3.05) is 36.5 Å². The minimum atomic E-state index is -1.91. The van der Waals surface area contributed by atoms with Gasteiger partial charge in [0.2, 0.25) is 0 Å². The molecule has 0 aliphatic carbocycles. The van der Waals surface area contributed by atoms with Crippen molar-refractivity contribution in [1.82, 2.24) is 4.67 Å². The number of hydrogen-bond acceptors (Lipinski definition) is 3. The number of anilines is 2. The molecule has 2 aliphatic rings. The van der Waals surface area contributed by atoms with Crippen LogP contribution in [0.5, 0.6) is 0 Å². The van der Waals surface area contributed by atoms with Gasteiger partial charge in [0.1, 0.15) is 0 Å². The van der Waals surface area contributed by atoms with Crippen molar-refractivity contribution in [2.45, 2.75) is 19.3 Å². The monoisotopic (exact) mass is 505 g/mol. The zero-order valence-electron chi connectivity index (χ0n) is 18.7. The number of piperidine rings is 1. The second-order valence-corrected chi connectivity index (χ2v) is 14.8. The Hall–Kier alpha value is -2.09. The van der Waals surface area contributed by atoms with Crippen LogP contribution >= 0.6 is 6.40 Å². The molecule has 1 saturated heterocycles. The molecule has 2 aliphatic heterocycles. The molecule has 0 amide bonds. The molecule has 0 bridgehead atoms. The first kappa shape index (κ1) is 20.5. The van der Waals surface area contributed by atoms with E-state index in [2.05, 4.69) is 116 Å². The van der Waals surface area contributed by atoms with Crippen LogP contribution in [0, 0.1) is 0 Å². The van der Waals surface area contributed by atoms with Gasteiger partial charge >= 0.3 is 199 Å². The topological polar surface area (TPSA) is 9.72 Å². The predicted octanol–water partition coefficient (Wildman–Crippen LogP) is 6.88. The Morgan fingerprint density at radius 2 is 1.09 bits per heavy atom. The average molecular weight is 504 g/mol. The van der Waals surface area contributed by atoms with E-state index in [4.69, 9.17) is 0 Å². The number of rotatable bonds is 1. The molecule has 5 heteroatoms. The van der Waals surface area contributed by atoms with E-state index in [1.807, 2.05) is 0 Å². The summed E-state index contributed by atoms with van der Waals surface area (Å²) in [6, 6.07) is 27.0. The maximum absolute atomic E-state index is 3.77. The first-order chi connectivity index (χ1) is 15.6. The van der Waals surface area contributed by atoms with E-state index in [9.17, 15) is 0 Å². The van der Waals surface area contributed by atoms with E-state index in [0.717, 1.165) is 13.1 Å². The second-order valence-electron chi connectivity index (χ2n) is 8.94. The van der Waals surface area contributed by atoms with Gasteiger partial charge in [-0.15, -0.1) is 0 Å².